The van der Waals surface area contributed by atoms with Gasteiger partial charge in [0.1, 0.15) is 16.0 Å². The number of carbonyl (C=O) groups is 1. The van der Waals surface area contributed by atoms with E-state index < -0.39 is 0 Å². The number of amides is 1. The number of aliphatic hydroxyl groups is 1. The lowest BCUT2D eigenvalue weighted by molar-refractivity contribution is 0.0914. The minimum atomic E-state index is -0.273. The van der Waals surface area contributed by atoms with E-state index in [0.717, 1.165) is 0 Å². The van der Waals surface area contributed by atoms with Crippen LogP contribution in [-0.2, 0) is 0 Å². The van der Waals surface area contributed by atoms with Crippen LogP contribution in [0.2, 0.25) is 0 Å². The Morgan fingerprint density at radius 3 is 2.26 bits per heavy atom. The highest BCUT2D eigenvalue weighted by molar-refractivity contribution is 9.10. The highest BCUT2D eigenvalue weighted by Crippen LogP contribution is 2.35. The summed E-state index contributed by atoms with van der Waals surface area (Å²) in [4.78, 5) is 12.1. The van der Waals surface area contributed by atoms with Crippen molar-refractivity contribution in [3.8, 4) is 11.5 Å². The van der Waals surface area contributed by atoms with E-state index >= 15 is 0 Å². The lowest BCUT2D eigenvalue weighted by Crippen LogP contribution is -2.36. The molecule has 1 aromatic rings. The first kappa shape index (κ1) is 15.8. The first-order valence-electron chi connectivity index (χ1n) is 5.90. The summed E-state index contributed by atoms with van der Waals surface area (Å²) in [6, 6.07) is 2.98. The molecule has 0 spiro atoms. The first-order valence-corrected chi connectivity index (χ1v) is 6.69. The van der Waals surface area contributed by atoms with Crippen molar-refractivity contribution in [1.29, 1.82) is 0 Å². The molecule has 0 saturated heterocycles. The van der Waals surface area contributed by atoms with Crippen LogP contribution in [0.5, 0.6) is 11.5 Å². The molecule has 0 aliphatic carbocycles. The number of hydrogen-bond acceptors (Lipinski definition) is 4. The topological polar surface area (TPSA) is 67.8 Å². The second-order valence-corrected chi connectivity index (χ2v) is 4.75. The quantitative estimate of drug-likeness (QED) is 0.836. The van der Waals surface area contributed by atoms with Gasteiger partial charge >= 0.3 is 0 Å². The molecule has 0 aliphatic heterocycles. The van der Waals surface area contributed by atoms with Crippen molar-refractivity contribution < 1.29 is 19.4 Å². The fourth-order valence-electron chi connectivity index (χ4n) is 1.55. The minimum Gasteiger partial charge on any atom is -0.495 e. The molecule has 1 amide bonds. The van der Waals surface area contributed by atoms with Crippen molar-refractivity contribution in [2.75, 3.05) is 20.8 Å². The molecular weight excluding hydrogens is 314 g/mol. The van der Waals surface area contributed by atoms with Crippen LogP contribution in [0, 0.1) is 0 Å². The normalized spacial score (nSPS) is 11.8. The lowest BCUT2D eigenvalue weighted by Gasteiger charge is -2.15. The molecule has 106 valence electrons. The number of hydrogen-bond donors (Lipinski definition) is 2. The lowest BCUT2D eigenvalue weighted by atomic mass is 10.1. The van der Waals surface area contributed by atoms with E-state index in [1.54, 1.807) is 12.1 Å². The van der Waals surface area contributed by atoms with Gasteiger partial charge in [0.15, 0.2) is 0 Å². The third-order valence-corrected chi connectivity index (χ3v) is 3.54. The third kappa shape index (κ3) is 3.84. The number of aliphatic hydroxyl groups excluding tert-OH is 1. The van der Waals surface area contributed by atoms with Crippen LogP contribution in [0.4, 0.5) is 0 Å². The van der Waals surface area contributed by atoms with Gasteiger partial charge in [-0.15, -0.1) is 0 Å². The zero-order chi connectivity index (χ0) is 14.4. The fourth-order valence-corrected chi connectivity index (χ4v) is 2.10. The van der Waals surface area contributed by atoms with E-state index in [1.165, 1.54) is 14.2 Å². The van der Waals surface area contributed by atoms with E-state index in [9.17, 15) is 4.79 Å². The van der Waals surface area contributed by atoms with Crippen LogP contribution in [0.25, 0.3) is 0 Å². The van der Waals surface area contributed by atoms with Crippen LogP contribution in [0.15, 0.2) is 16.6 Å². The van der Waals surface area contributed by atoms with Gasteiger partial charge in [0, 0.05) is 5.56 Å². The Labute approximate surface area is 121 Å². The molecule has 0 radical (unpaired) electrons. The molecule has 0 bridgehead atoms. The van der Waals surface area contributed by atoms with Crippen LogP contribution >= 0.6 is 15.9 Å². The Morgan fingerprint density at radius 1 is 1.37 bits per heavy atom. The number of benzene rings is 1. The van der Waals surface area contributed by atoms with Crippen molar-refractivity contribution in [1.82, 2.24) is 5.32 Å². The Hall–Kier alpha value is -1.27. The maximum absolute atomic E-state index is 12.1. The third-order valence-electron chi connectivity index (χ3n) is 2.76. The highest BCUT2D eigenvalue weighted by atomic mass is 79.9. The number of halogens is 1. The molecule has 0 aliphatic rings. The SMILES string of the molecule is CC[C@@H](CO)NC(=O)c1cc(OC)c(Br)c(OC)c1. The van der Waals surface area contributed by atoms with Gasteiger partial charge in [-0.05, 0) is 34.5 Å². The van der Waals surface area contributed by atoms with Gasteiger partial charge in [-0.3, -0.25) is 4.79 Å². The summed E-state index contributed by atoms with van der Waals surface area (Å²) in [5, 5.41) is 11.8. The molecule has 1 rings (SSSR count). The molecule has 2 N–H and O–H groups in total. The Balaban J connectivity index is 3.03. The Morgan fingerprint density at radius 2 is 1.89 bits per heavy atom. The number of methoxy groups -OCH3 is 2. The van der Waals surface area contributed by atoms with Crippen molar-refractivity contribution in [3.63, 3.8) is 0 Å². The fraction of sp³-hybridized carbons (Fsp3) is 0.462. The van der Waals surface area contributed by atoms with Gasteiger partial charge in [0.2, 0.25) is 0 Å². The van der Waals surface area contributed by atoms with Gasteiger partial charge in [-0.2, -0.15) is 0 Å². The molecule has 19 heavy (non-hydrogen) atoms. The van der Waals surface area contributed by atoms with Gasteiger partial charge in [0.25, 0.3) is 5.91 Å². The van der Waals surface area contributed by atoms with Crippen molar-refractivity contribution in [2.24, 2.45) is 0 Å². The van der Waals surface area contributed by atoms with Crippen LogP contribution in [0.1, 0.15) is 23.7 Å². The first-order chi connectivity index (χ1) is 9.07. The van der Waals surface area contributed by atoms with E-state index in [0.29, 0.717) is 28.0 Å². The van der Waals surface area contributed by atoms with Gasteiger partial charge in [-0.25, -0.2) is 0 Å². The molecular formula is C13H18BrNO4. The molecule has 0 fully saturated rings. The van der Waals surface area contributed by atoms with Crippen molar-refractivity contribution >= 4 is 21.8 Å². The molecule has 0 heterocycles. The predicted molar refractivity (Wildman–Crippen MR) is 75.9 cm³/mol. The molecule has 5 nitrogen and oxygen atoms in total. The number of nitrogens with one attached hydrogen (secondary N) is 1. The van der Waals surface area contributed by atoms with E-state index in [2.05, 4.69) is 21.2 Å². The summed E-state index contributed by atoms with van der Waals surface area (Å²) in [7, 11) is 3.04. The van der Waals surface area contributed by atoms with Gasteiger partial charge in [0.05, 0.1) is 26.9 Å². The second kappa shape index (κ2) is 7.35. The molecule has 0 unspecified atom stereocenters. The number of rotatable bonds is 6. The summed E-state index contributed by atoms with van der Waals surface area (Å²) in [5.41, 5.74) is 0.420. The summed E-state index contributed by atoms with van der Waals surface area (Å²) < 4.78 is 11.0. The maximum Gasteiger partial charge on any atom is 0.251 e. The molecule has 0 saturated carbocycles. The van der Waals surface area contributed by atoms with E-state index in [-0.39, 0.29) is 18.6 Å². The summed E-state index contributed by atoms with van der Waals surface area (Å²) >= 11 is 3.34. The van der Waals surface area contributed by atoms with Crippen molar-refractivity contribution in [3.05, 3.63) is 22.2 Å². The van der Waals surface area contributed by atoms with Crippen molar-refractivity contribution in [2.45, 2.75) is 19.4 Å². The maximum atomic E-state index is 12.1. The minimum absolute atomic E-state index is 0.0902. The van der Waals surface area contributed by atoms with E-state index in [1.807, 2.05) is 6.92 Å². The molecule has 0 aromatic heterocycles. The predicted octanol–water partition coefficient (Wildman–Crippen LogP) is 1.97. The summed E-state index contributed by atoms with van der Waals surface area (Å²) in [6.07, 6.45) is 0.660. The Bertz CT molecular complexity index is 421. The summed E-state index contributed by atoms with van der Waals surface area (Å²) in [5.74, 6) is 0.757. The molecule has 6 heteroatoms. The van der Waals surface area contributed by atoms with Gasteiger partial charge < -0.3 is 19.9 Å². The monoisotopic (exact) mass is 331 g/mol. The number of ether oxygens (including phenoxy) is 2. The van der Waals surface area contributed by atoms with Crippen LogP contribution in [-0.4, -0.2) is 37.9 Å². The second-order valence-electron chi connectivity index (χ2n) is 3.96. The summed E-state index contributed by atoms with van der Waals surface area (Å²) in [6.45, 7) is 1.80. The van der Waals surface area contributed by atoms with Gasteiger partial charge in [-0.1, -0.05) is 6.92 Å². The average molecular weight is 332 g/mol. The molecule has 1 atom stereocenters. The zero-order valence-corrected chi connectivity index (χ0v) is 12.8. The number of carbonyl (C=O) groups excluding carboxylic acids is 1. The largest absolute Gasteiger partial charge is 0.495 e. The van der Waals surface area contributed by atoms with Crippen LogP contribution < -0.4 is 14.8 Å². The smallest absolute Gasteiger partial charge is 0.251 e. The standard InChI is InChI=1S/C13H18BrNO4/c1-4-9(7-16)15-13(17)8-5-10(18-2)12(14)11(6-8)19-3/h5-6,9,16H,4,7H2,1-3H3,(H,15,17)/t9-/m0/s1. The average Bonchev–Trinajstić information content (AvgIpc) is 2.44. The van der Waals surface area contributed by atoms with Crippen LogP contribution in [0.3, 0.4) is 0 Å². The Kier molecular flexibility index (Phi) is 6.11. The molecule has 1 aromatic carbocycles. The van der Waals surface area contributed by atoms with E-state index in [4.69, 9.17) is 14.6 Å². The zero-order valence-electron chi connectivity index (χ0n) is 11.2. The highest BCUT2D eigenvalue weighted by Gasteiger charge is 2.16.